The Morgan fingerprint density at radius 3 is 2.60 bits per heavy atom. The average molecular weight is 235 g/mol. The molecule has 0 spiro atoms. The first kappa shape index (κ1) is 12.2. The van der Waals surface area contributed by atoms with E-state index in [4.69, 9.17) is 15.4 Å². The Morgan fingerprint density at radius 1 is 1.60 bits per heavy atom. The monoisotopic (exact) mass is 235 g/mol. The second-order valence-corrected chi connectivity index (χ2v) is 5.16. The van der Waals surface area contributed by atoms with Gasteiger partial charge in [-0.05, 0) is 25.3 Å². The van der Waals surface area contributed by atoms with E-state index in [-0.39, 0.29) is 25.0 Å². The van der Waals surface area contributed by atoms with Crippen LogP contribution >= 0.6 is 0 Å². The van der Waals surface area contributed by atoms with Crippen LogP contribution < -0.4 is 5.73 Å². The molecule has 15 heavy (non-hydrogen) atoms. The van der Waals surface area contributed by atoms with E-state index in [0.717, 1.165) is 0 Å². The van der Waals surface area contributed by atoms with Crippen LogP contribution in [0.5, 0.6) is 0 Å². The molecule has 86 valence electrons. The molecule has 1 aliphatic rings. The van der Waals surface area contributed by atoms with Gasteiger partial charge in [-0.15, -0.1) is 0 Å². The minimum atomic E-state index is -4.24. The molecule has 7 heteroatoms. The molecule has 1 aliphatic carbocycles. The van der Waals surface area contributed by atoms with Crippen molar-refractivity contribution in [3.63, 3.8) is 0 Å². The Hall–Kier alpha value is -0.920. The highest BCUT2D eigenvalue weighted by Crippen LogP contribution is 2.28. The lowest BCUT2D eigenvalue weighted by molar-refractivity contribution is -0.132. The zero-order valence-electron chi connectivity index (χ0n) is 7.96. The van der Waals surface area contributed by atoms with Gasteiger partial charge in [0.15, 0.2) is 0 Å². The van der Waals surface area contributed by atoms with Gasteiger partial charge in [-0.25, -0.2) is 4.79 Å². The van der Waals surface area contributed by atoms with Gasteiger partial charge in [-0.1, -0.05) is 6.08 Å². The molecular weight excluding hydrogens is 222 g/mol. The highest BCUT2D eigenvalue weighted by molar-refractivity contribution is 7.86. The summed E-state index contributed by atoms with van der Waals surface area (Å²) in [6.45, 7) is 0.105. The lowest BCUT2D eigenvalue weighted by Gasteiger charge is -2.26. The van der Waals surface area contributed by atoms with Gasteiger partial charge in [0.1, 0.15) is 0 Å². The summed E-state index contributed by atoms with van der Waals surface area (Å²) in [6, 6.07) is 0. The maximum absolute atomic E-state index is 11.0. The summed E-state index contributed by atoms with van der Waals surface area (Å²) in [4.78, 5) is 10.6. The first-order valence-electron chi connectivity index (χ1n) is 4.45. The van der Waals surface area contributed by atoms with Gasteiger partial charge in [0, 0.05) is 5.57 Å². The van der Waals surface area contributed by atoms with Gasteiger partial charge in [0.05, 0.1) is 5.25 Å². The summed E-state index contributed by atoms with van der Waals surface area (Å²) in [6.07, 6.45) is 1.54. The largest absolute Gasteiger partial charge is 0.478 e. The van der Waals surface area contributed by atoms with E-state index in [1.165, 1.54) is 6.08 Å². The lowest BCUT2D eigenvalue weighted by Crippen LogP contribution is -2.37. The number of carboxylic acids is 1. The molecular formula is C8H13NO5S. The highest BCUT2D eigenvalue weighted by atomic mass is 32.2. The molecule has 0 saturated carbocycles. The zero-order valence-corrected chi connectivity index (χ0v) is 8.77. The maximum Gasteiger partial charge on any atom is 0.331 e. The van der Waals surface area contributed by atoms with Crippen LogP contribution in [-0.2, 0) is 14.9 Å². The number of hydrogen-bond acceptors (Lipinski definition) is 4. The first-order chi connectivity index (χ1) is 6.86. The quantitative estimate of drug-likeness (QED) is 0.574. The molecule has 0 saturated heterocycles. The van der Waals surface area contributed by atoms with Crippen molar-refractivity contribution in [1.82, 2.24) is 0 Å². The molecule has 0 radical (unpaired) electrons. The Bertz CT molecular complexity index is 386. The second-order valence-electron chi connectivity index (χ2n) is 3.52. The number of aliphatic carboxylic acids is 1. The molecule has 0 amide bonds. The third-order valence-corrected chi connectivity index (χ3v) is 3.89. The summed E-state index contributed by atoms with van der Waals surface area (Å²) in [5.41, 5.74) is 5.38. The van der Waals surface area contributed by atoms with Gasteiger partial charge >= 0.3 is 5.97 Å². The SMILES string of the molecule is NCC1CC=C(C(=O)O)CC1S(=O)(=O)O. The summed E-state index contributed by atoms with van der Waals surface area (Å²) in [5, 5.41) is 7.61. The zero-order chi connectivity index (χ0) is 11.6. The smallest absolute Gasteiger partial charge is 0.331 e. The van der Waals surface area contributed by atoms with E-state index in [2.05, 4.69) is 0 Å². The van der Waals surface area contributed by atoms with Crippen LogP contribution in [0.25, 0.3) is 0 Å². The van der Waals surface area contributed by atoms with Crippen LogP contribution in [0.15, 0.2) is 11.6 Å². The molecule has 2 unspecified atom stereocenters. The number of carbonyl (C=O) groups is 1. The number of hydrogen-bond donors (Lipinski definition) is 3. The average Bonchev–Trinajstić information content (AvgIpc) is 2.15. The number of carboxylic acid groups (broad SMARTS) is 1. The van der Waals surface area contributed by atoms with Crippen LogP contribution in [0.4, 0.5) is 0 Å². The van der Waals surface area contributed by atoms with Gasteiger partial charge in [0.2, 0.25) is 0 Å². The fraction of sp³-hybridized carbons (Fsp3) is 0.625. The Kier molecular flexibility index (Phi) is 3.48. The second kappa shape index (κ2) is 4.30. The number of allylic oxidation sites excluding steroid dienone is 1. The fourth-order valence-corrected chi connectivity index (χ4v) is 2.78. The predicted octanol–water partition coefficient (Wildman–Crippen LogP) is -0.377. The third-order valence-electron chi connectivity index (χ3n) is 2.57. The van der Waals surface area contributed by atoms with E-state index >= 15 is 0 Å². The fourth-order valence-electron chi connectivity index (χ4n) is 1.68. The Morgan fingerprint density at radius 2 is 2.20 bits per heavy atom. The van der Waals surface area contributed by atoms with Crippen LogP contribution in [0.3, 0.4) is 0 Å². The molecule has 0 bridgehead atoms. The lowest BCUT2D eigenvalue weighted by atomic mass is 9.89. The van der Waals surface area contributed by atoms with Crippen molar-refractivity contribution >= 4 is 16.1 Å². The topological polar surface area (TPSA) is 118 Å². The molecule has 4 N–H and O–H groups in total. The predicted molar refractivity (Wildman–Crippen MR) is 52.8 cm³/mol. The molecule has 2 atom stereocenters. The minimum absolute atomic E-state index is 0.0160. The normalized spacial score (nSPS) is 27.2. The molecule has 0 heterocycles. The van der Waals surface area contributed by atoms with Gasteiger partial charge in [-0.3, -0.25) is 4.55 Å². The van der Waals surface area contributed by atoms with Crippen LogP contribution in [0, 0.1) is 5.92 Å². The van der Waals surface area contributed by atoms with E-state index in [0.29, 0.717) is 0 Å². The van der Waals surface area contributed by atoms with Crippen molar-refractivity contribution in [2.24, 2.45) is 11.7 Å². The van der Waals surface area contributed by atoms with Gasteiger partial charge < -0.3 is 10.8 Å². The molecule has 6 nitrogen and oxygen atoms in total. The van der Waals surface area contributed by atoms with Crippen molar-refractivity contribution < 1.29 is 22.9 Å². The molecule has 0 aromatic rings. The van der Waals surface area contributed by atoms with E-state index < -0.39 is 27.3 Å². The van der Waals surface area contributed by atoms with Gasteiger partial charge in [0.25, 0.3) is 10.1 Å². The number of rotatable bonds is 3. The van der Waals surface area contributed by atoms with Gasteiger partial charge in [-0.2, -0.15) is 8.42 Å². The molecule has 0 aromatic heterocycles. The Balaban J connectivity index is 2.97. The third kappa shape index (κ3) is 2.77. The van der Waals surface area contributed by atoms with Crippen LogP contribution in [0.2, 0.25) is 0 Å². The summed E-state index contributed by atoms with van der Waals surface area (Å²) < 4.78 is 30.9. The molecule has 0 aliphatic heterocycles. The molecule has 0 fully saturated rings. The highest BCUT2D eigenvalue weighted by Gasteiger charge is 2.35. The van der Waals surface area contributed by atoms with Crippen molar-refractivity contribution in [2.75, 3.05) is 6.54 Å². The summed E-state index contributed by atoms with van der Waals surface area (Å²) in [5.74, 6) is -1.57. The standard InChI is InChI=1S/C8H13NO5S/c9-4-6-2-1-5(8(10)11)3-7(6)15(12,13)14/h1,6-7H,2-4,9H2,(H,10,11)(H,12,13,14). The van der Waals surface area contributed by atoms with E-state index in [1.54, 1.807) is 0 Å². The number of nitrogens with two attached hydrogens (primary N) is 1. The van der Waals surface area contributed by atoms with E-state index in [9.17, 15) is 13.2 Å². The molecule has 1 rings (SSSR count). The summed E-state index contributed by atoms with van der Waals surface area (Å²) >= 11 is 0. The van der Waals surface area contributed by atoms with Crippen LogP contribution in [0.1, 0.15) is 12.8 Å². The first-order valence-corrected chi connectivity index (χ1v) is 5.95. The maximum atomic E-state index is 11.0. The van der Waals surface area contributed by atoms with Crippen molar-refractivity contribution in [3.8, 4) is 0 Å². The molecule has 0 aromatic carbocycles. The minimum Gasteiger partial charge on any atom is -0.478 e. The summed E-state index contributed by atoms with van der Waals surface area (Å²) in [7, 11) is -4.24. The van der Waals surface area contributed by atoms with Crippen molar-refractivity contribution in [2.45, 2.75) is 18.1 Å². The Labute approximate surface area is 87.5 Å². The van der Waals surface area contributed by atoms with Crippen molar-refractivity contribution in [1.29, 1.82) is 0 Å². The van der Waals surface area contributed by atoms with Crippen LogP contribution in [-0.4, -0.2) is 35.8 Å². The van der Waals surface area contributed by atoms with E-state index in [1.807, 2.05) is 0 Å². The van der Waals surface area contributed by atoms with Crippen molar-refractivity contribution in [3.05, 3.63) is 11.6 Å².